The Morgan fingerprint density at radius 3 is 2.57 bits per heavy atom. The van der Waals surface area contributed by atoms with E-state index in [2.05, 4.69) is 0 Å². The van der Waals surface area contributed by atoms with Crippen molar-refractivity contribution in [3.05, 3.63) is 29.6 Å². The van der Waals surface area contributed by atoms with E-state index < -0.39 is 5.41 Å². The summed E-state index contributed by atoms with van der Waals surface area (Å²) in [6.07, 6.45) is 0.782. The van der Waals surface area contributed by atoms with Crippen molar-refractivity contribution < 1.29 is 13.9 Å². The molecule has 0 aromatic heterocycles. The minimum absolute atomic E-state index is 0.365. The molecular weight excluding hydrogens is 183 g/mol. The summed E-state index contributed by atoms with van der Waals surface area (Å²) in [7, 11) is 1.50. The molecule has 0 aliphatic rings. The predicted octanol–water partition coefficient (Wildman–Crippen LogP) is 2.31. The van der Waals surface area contributed by atoms with Crippen LogP contribution >= 0.6 is 0 Å². The van der Waals surface area contributed by atoms with Crippen molar-refractivity contribution in [1.29, 1.82) is 0 Å². The van der Waals surface area contributed by atoms with Gasteiger partial charge in [0.15, 0.2) is 0 Å². The van der Waals surface area contributed by atoms with Crippen LogP contribution < -0.4 is 4.74 Å². The van der Waals surface area contributed by atoms with Crippen LogP contribution in [0.3, 0.4) is 0 Å². The predicted molar refractivity (Wildman–Crippen MR) is 52.0 cm³/mol. The molecule has 1 aromatic rings. The van der Waals surface area contributed by atoms with Gasteiger partial charge in [0, 0.05) is 11.0 Å². The summed E-state index contributed by atoms with van der Waals surface area (Å²) in [5.74, 6) is 0.166. The third-order valence-electron chi connectivity index (χ3n) is 2.15. The van der Waals surface area contributed by atoms with E-state index in [4.69, 9.17) is 4.74 Å². The molecule has 0 atom stereocenters. The average molecular weight is 196 g/mol. The number of aldehydes is 1. The number of carbonyl (C=O) groups excluding carboxylic acids is 1. The van der Waals surface area contributed by atoms with Gasteiger partial charge in [-0.15, -0.1) is 0 Å². The highest BCUT2D eigenvalue weighted by Crippen LogP contribution is 2.30. The fourth-order valence-electron chi connectivity index (χ4n) is 1.25. The molecule has 0 aliphatic carbocycles. The quantitative estimate of drug-likeness (QED) is 0.693. The Morgan fingerprint density at radius 1 is 1.43 bits per heavy atom. The second-order valence-corrected chi connectivity index (χ2v) is 3.68. The van der Waals surface area contributed by atoms with Crippen molar-refractivity contribution >= 4 is 6.29 Å². The first-order valence-electron chi connectivity index (χ1n) is 4.31. The normalized spacial score (nSPS) is 11.1. The summed E-state index contributed by atoms with van der Waals surface area (Å²) < 4.78 is 18.0. The molecule has 14 heavy (non-hydrogen) atoms. The maximum atomic E-state index is 13.0. The van der Waals surface area contributed by atoms with Gasteiger partial charge < -0.3 is 9.53 Å². The zero-order valence-corrected chi connectivity index (χ0v) is 8.50. The topological polar surface area (TPSA) is 26.3 Å². The van der Waals surface area contributed by atoms with Crippen LogP contribution in [0.25, 0.3) is 0 Å². The van der Waals surface area contributed by atoms with Crippen LogP contribution in [-0.4, -0.2) is 13.4 Å². The summed E-state index contributed by atoms with van der Waals surface area (Å²) in [6.45, 7) is 3.44. The first kappa shape index (κ1) is 10.7. The van der Waals surface area contributed by atoms with E-state index >= 15 is 0 Å². The summed E-state index contributed by atoms with van der Waals surface area (Å²) >= 11 is 0. The molecule has 3 heteroatoms. The van der Waals surface area contributed by atoms with E-state index in [0.29, 0.717) is 11.3 Å². The first-order valence-corrected chi connectivity index (χ1v) is 4.31. The highest BCUT2D eigenvalue weighted by atomic mass is 19.1. The highest BCUT2D eigenvalue weighted by molar-refractivity contribution is 5.69. The van der Waals surface area contributed by atoms with Crippen LogP contribution in [0.4, 0.5) is 4.39 Å². The number of methoxy groups -OCH3 is 1. The molecule has 0 heterocycles. The third-order valence-corrected chi connectivity index (χ3v) is 2.15. The number of carbonyl (C=O) groups is 1. The molecule has 0 bridgehead atoms. The van der Waals surface area contributed by atoms with Gasteiger partial charge >= 0.3 is 0 Å². The van der Waals surface area contributed by atoms with Crippen LogP contribution in [0.15, 0.2) is 18.2 Å². The monoisotopic (exact) mass is 196 g/mol. The Kier molecular flexibility index (Phi) is 2.89. The highest BCUT2D eigenvalue weighted by Gasteiger charge is 2.24. The minimum atomic E-state index is -0.729. The number of rotatable bonds is 3. The van der Waals surface area contributed by atoms with Crippen molar-refractivity contribution in [2.75, 3.05) is 7.11 Å². The molecule has 0 amide bonds. The van der Waals surface area contributed by atoms with Gasteiger partial charge in [-0.2, -0.15) is 0 Å². The van der Waals surface area contributed by atoms with Crippen LogP contribution in [0.2, 0.25) is 0 Å². The van der Waals surface area contributed by atoms with Crippen LogP contribution in [0.5, 0.6) is 5.75 Å². The van der Waals surface area contributed by atoms with E-state index in [-0.39, 0.29) is 5.82 Å². The molecule has 0 saturated heterocycles. The number of ether oxygens (including phenoxy) is 1. The zero-order valence-electron chi connectivity index (χ0n) is 8.50. The molecule has 0 unspecified atom stereocenters. The van der Waals surface area contributed by atoms with Crippen molar-refractivity contribution in [2.45, 2.75) is 19.3 Å². The van der Waals surface area contributed by atoms with Gasteiger partial charge in [0.25, 0.3) is 0 Å². The molecule has 0 N–H and O–H groups in total. The lowest BCUT2D eigenvalue weighted by molar-refractivity contribution is -0.111. The standard InChI is InChI=1S/C11H13FO2/c1-11(2,7-13)9-6-8(12)4-5-10(9)14-3/h4-7H,1-3H3. The lowest BCUT2D eigenvalue weighted by Gasteiger charge is -2.20. The number of hydrogen-bond acceptors (Lipinski definition) is 2. The fraction of sp³-hybridized carbons (Fsp3) is 0.364. The Morgan fingerprint density at radius 2 is 2.07 bits per heavy atom. The van der Waals surface area contributed by atoms with Crippen LogP contribution in [-0.2, 0) is 10.2 Å². The molecule has 76 valence electrons. The molecular formula is C11H13FO2. The Labute approximate surface area is 82.7 Å². The zero-order chi connectivity index (χ0) is 10.8. The maximum absolute atomic E-state index is 13.0. The molecule has 0 aliphatic heterocycles. The van der Waals surface area contributed by atoms with Crippen molar-refractivity contribution in [2.24, 2.45) is 0 Å². The summed E-state index contributed by atoms with van der Waals surface area (Å²) in [6, 6.07) is 4.16. The summed E-state index contributed by atoms with van der Waals surface area (Å²) in [4.78, 5) is 10.8. The van der Waals surface area contributed by atoms with E-state index in [1.807, 2.05) is 0 Å². The first-order chi connectivity index (χ1) is 6.51. The van der Waals surface area contributed by atoms with Crippen molar-refractivity contribution in [1.82, 2.24) is 0 Å². The molecule has 1 aromatic carbocycles. The summed E-state index contributed by atoms with van der Waals surface area (Å²) in [5.41, 5.74) is -0.164. The summed E-state index contributed by atoms with van der Waals surface area (Å²) in [5, 5.41) is 0. The smallest absolute Gasteiger partial charge is 0.130 e. The molecule has 0 spiro atoms. The molecule has 2 nitrogen and oxygen atoms in total. The number of benzene rings is 1. The number of halogens is 1. The molecule has 0 radical (unpaired) electrons. The third kappa shape index (κ3) is 1.92. The SMILES string of the molecule is COc1ccc(F)cc1C(C)(C)C=O. The van der Waals surface area contributed by atoms with Gasteiger partial charge in [0.1, 0.15) is 17.9 Å². The van der Waals surface area contributed by atoms with Gasteiger partial charge in [-0.3, -0.25) is 0 Å². The minimum Gasteiger partial charge on any atom is -0.496 e. The second kappa shape index (κ2) is 3.78. The average Bonchev–Trinajstić information content (AvgIpc) is 2.18. The second-order valence-electron chi connectivity index (χ2n) is 3.68. The fourth-order valence-corrected chi connectivity index (χ4v) is 1.25. The van der Waals surface area contributed by atoms with Gasteiger partial charge in [-0.05, 0) is 32.0 Å². The van der Waals surface area contributed by atoms with Crippen molar-refractivity contribution in [3.63, 3.8) is 0 Å². The van der Waals surface area contributed by atoms with Gasteiger partial charge in [-0.1, -0.05) is 0 Å². The number of hydrogen-bond donors (Lipinski definition) is 0. The Bertz CT molecular complexity index is 345. The van der Waals surface area contributed by atoms with E-state index in [9.17, 15) is 9.18 Å². The van der Waals surface area contributed by atoms with Gasteiger partial charge in [0.2, 0.25) is 0 Å². The molecule has 0 fully saturated rings. The Balaban J connectivity index is 3.30. The van der Waals surface area contributed by atoms with E-state index in [0.717, 1.165) is 6.29 Å². The van der Waals surface area contributed by atoms with E-state index in [1.54, 1.807) is 13.8 Å². The van der Waals surface area contributed by atoms with E-state index in [1.165, 1.54) is 25.3 Å². The Hall–Kier alpha value is -1.38. The maximum Gasteiger partial charge on any atom is 0.130 e. The largest absolute Gasteiger partial charge is 0.496 e. The molecule has 0 saturated carbocycles. The van der Waals surface area contributed by atoms with Crippen molar-refractivity contribution in [3.8, 4) is 5.75 Å². The van der Waals surface area contributed by atoms with Crippen LogP contribution in [0.1, 0.15) is 19.4 Å². The van der Waals surface area contributed by atoms with Crippen LogP contribution in [0, 0.1) is 5.82 Å². The lowest BCUT2D eigenvalue weighted by atomic mass is 9.85. The van der Waals surface area contributed by atoms with Gasteiger partial charge in [0.05, 0.1) is 7.11 Å². The van der Waals surface area contributed by atoms with Gasteiger partial charge in [-0.25, -0.2) is 4.39 Å². The lowest BCUT2D eigenvalue weighted by Crippen LogP contribution is -2.19. The molecule has 1 rings (SSSR count).